The van der Waals surface area contributed by atoms with E-state index in [0.717, 1.165) is 11.3 Å². The first-order chi connectivity index (χ1) is 7.75. The Kier molecular flexibility index (Phi) is 7.67. The molecule has 0 atom stereocenters. The van der Waals surface area contributed by atoms with Crippen molar-refractivity contribution in [2.75, 3.05) is 5.32 Å². The minimum atomic E-state index is -0.409. The smallest absolute Gasteiger partial charge is 0.141 e. The van der Waals surface area contributed by atoms with Crippen LogP contribution in [0.3, 0.4) is 0 Å². The van der Waals surface area contributed by atoms with E-state index in [1.165, 1.54) is 6.07 Å². The van der Waals surface area contributed by atoms with Crippen LogP contribution in [-0.4, -0.2) is 4.98 Å². The van der Waals surface area contributed by atoms with Crippen LogP contribution >= 0.6 is 11.6 Å². The quantitative estimate of drug-likeness (QED) is 0.678. The summed E-state index contributed by atoms with van der Waals surface area (Å²) >= 11 is 5.67. The molecular formula is C12H10Cl3FN2-2. The number of halogens is 4. The second-order valence-corrected chi connectivity index (χ2v) is 3.75. The van der Waals surface area contributed by atoms with E-state index in [1.807, 2.05) is 12.1 Å². The largest absolute Gasteiger partial charge is 1.00 e. The second-order valence-electron chi connectivity index (χ2n) is 3.34. The highest BCUT2D eigenvalue weighted by Gasteiger charge is 2.00. The highest BCUT2D eigenvalue weighted by molar-refractivity contribution is 6.31. The van der Waals surface area contributed by atoms with E-state index < -0.39 is 5.82 Å². The highest BCUT2D eigenvalue weighted by atomic mass is 35.5. The maximum atomic E-state index is 12.9. The number of nitrogens with one attached hydrogen (secondary N) is 1. The molecule has 0 spiro atoms. The molecule has 0 amide bonds. The summed E-state index contributed by atoms with van der Waals surface area (Å²) in [4.78, 5) is 4.00. The first-order valence-electron chi connectivity index (χ1n) is 4.83. The van der Waals surface area contributed by atoms with Crippen LogP contribution in [0.1, 0.15) is 5.56 Å². The third kappa shape index (κ3) is 4.69. The Hall–Kier alpha value is -1.03. The SMILES string of the molecule is Fc1ccc(NCc2cccnc2)cc1Cl.[Cl-].[Cl-]. The summed E-state index contributed by atoms with van der Waals surface area (Å²) in [6.45, 7) is 0.635. The molecule has 6 heteroatoms. The van der Waals surface area contributed by atoms with Gasteiger partial charge in [0.2, 0.25) is 0 Å². The van der Waals surface area contributed by atoms with Gasteiger partial charge in [-0.15, -0.1) is 0 Å². The summed E-state index contributed by atoms with van der Waals surface area (Å²) < 4.78 is 12.9. The van der Waals surface area contributed by atoms with Crippen molar-refractivity contribution in [3.05, 3.63) is 59.1 Å². The van der Waals surface area contributed by atoms with Crippen LogP contribution in [-0.2, 0) is 6.54 Å². The van der Waals surface area contributed by atoms with E-state index >= 15 is 0 Å². The van der Waals surface area contributed by atoms with E-state index in [-0.39, 0.29) is 29.8 Å². The van der Waals surface area contributed by atoms with Gasteiger partial charge < -0.3 is 30.1 Å². The Morgan fingerprint density at radius 2 is 2.00 bits per heavy atom. The van der Waals surface area contributed by atoms with Crippen LogP contribution in [0, 0.1) is 5.82 Å². The molecule has 0 saturated carbocycles. The number of rotatable bonds is 3. The molecule has 0 bridgehead atoms. The molecule has 0 aliphatic rings. The molecule has 1 heterocycles. The zero-order valence-electron chi connectivity index (χ0n) is 9.21. The lowest BCUT2D eigenvalue weighted by molar-refractivity contribution is -0.00100. The van der Waals surface area contributed by atoms with Gasteiger partial charge in [0.05, 0.1) is 5.02 Å². The van der Waals surface area contributed by atoms with Crippen molar-refractivity contribution in [2.45, 2.75) is 6.54 Å². The number of pyridine rings is 1. The molecular weight excluding hydrogens is 298 g/mol. The normalized spacial score (nSPS) is 9.00. The average molecular weight is 308 g/mol. The van der Waals surface area contributed by atoms with Gasteiger partial charge >= 0.3 is 0 Å². The van der Waals surface area contributed by atoms with Crippen molar-refractivity contribution in [2.24, 2.45) is 0 Å². The number of benzene rings is 1. The molecule has 0 fully saturated rings. The summed E-state index contributed by atoms with van der Waals surface area (Å²) in [5.74, 6) is -0.409. The molecule has 0 aliphatic carbocycles. The van der Waals surface area contributed by atoms with Gasteiger partial charge in [-0.1, -0.05) is 17.7 Å². The van der Waals surface area contributed by atoms with Crippen molar-refractivity contribution in [3.8, 4) is 0 Å². The number of hydrogen-bond acceptors (Lipinski definition) is 2. The first-order valence-corrected chi connectivity index (χ1v) is 5.21. The Morgan fingerprint density at radius 3 is 2.61 bits per heavy atom. The number of nitrogens with zero attached hydrogens (tertiary/aromatic N) is 1. The van der Waals surface area contributed by atoms with Crippen molar-refractivity contribution in [3.63, 3.8) is 0 Å². The lowest BCUT2D eigenvalue weighted by Gasteiger charge is -2.06. The lowest BCUT2D eigenvalue weighted by Crippen LogP contribution is -3.00. The third-order valence-electron chi connectivity index (χ3n) is 2.14. The molecule has 0 unspecified atom stereocenters. The summed E-state index contributed by atoms with van der Waals surface area (Å²) in [7, 11) is 0. The fourth-order valence-electron chi connectivity index (χ4n) is 1.31. The molecule has 2 rings (SSSR count). The Morgan fingerprint density at radius 1 is 1.22 bits per heavy atom. The number of aromatic nitrogens is 1. The predicted molar refractivity (Wildman–Crippen MR) is 63.0 cm³/mol. The zero-order valence-corrected chi connectivity index (χ0v) is 11.5. The van der Waals surface area contributed by atoms with Gasteiger partial charge in [-0.2, -0.15) is 0 Å². The summed E-state index contributed by atoms with van der Waals surface area (Å²) in [5.41, 5.74) is 1.85. The second kappa shape index (κ2) is 8.14. The van der Waals surface area contributed by atoms with Crippen LogP contribution in [0.2, 0.25) is 5.02 Å². The summed E-state index contributed by atoms with van der Waals surface area (Å²) in [5, 5.41) is 3.26. The van der Waals surface area contributed by atoms with Crippen LogP contribution < -0.4 is 30.1 Å². The van der Waals surface area contributed by atoms with E-state index in [0.29, 0.717) is 6.54 Å². The van der Waals surface area contributed by atoms with Crippen molar-refractivity contribution in [1.29, 1.82) is 0 Å². The topological polar surface area (TPSA) is 24.9 Å². The number of anilines is 1. The Balaban J connectivity index is 0.00000144. The lowest BCUT2D eigenvalue weighted by atomic mass is 10.2. The van der Waals surface area contributed by atoms with Crippen LogP contribution in [0.4, 0.5) is 10.1 Å². The highest BCUT2D eigenvalue weighted by Crippen LogP contribution is 2.19. The van der Waals surface area contributed by atoms with Gasteiger partial charge in [-0.25, -0.2) is 4.39 Å². The van der Waals surface area contributed by atoms with Gasteiger partial charge in [0.1, 0.15) is 5.82 Å². The van der Waals surface area contributed by atoms with E-state index in [1.54, 1.807) is 24.5 Å². The fourth-order valence-corrected chi connectivity index (χ4v) is 1.49. The average Bonchev–Trinajstić information content (AvgIpc) is 2.32. The van der Waals surface area contributed by atoms with Crippen molar-refractivity contribution < 1.29 is 29.2 Å². The van der Waals surface area contributed by atoms with Gasteiger partial charge in [0.25, 0.3) is 0 Å². The Labute approximate surface area is 122 Å². The fraction of sp³-hybridized carbons (Fsp3) is 0.0833. The van der Waals surface area contributed by atoms with Gasteiger partial charge in [0, 0.05) is 24.6 Å². The molecule has 2 aromatic rings. The molecule has 18 heavy (non-hydrogen) atoms. The van der Waals surface area contributed by atoms with Crippen molar-refractivity contribution >= 4 is 17.3 Å². The molecule has 0 radical (unpaired) electrons. The molecule has 1 aromatic carbocycles. The minimum absolute atomic E-state index is 0. The van der Waals surface area contributed by atoms with E-state index in [2.05, 4.69) is 10.3 Å². The van der Waals surface area contributed by atoms with E-state index in [4.69, 9.17) is 11.6 Å². The molecule has 2 nitrogen and oxygen atoms in total. The maximum Gasteiger partial charge on any atom is 0.141 e. The molecule has 0 saturated heterocycles. The summed E-state index contributed by atoms with van der Waals surface area (Å²) in [6, 6.07) is 8.39. The van der Waals surface area contributed by atoms with Crippen LogP contribution in [0.25, 0.3) is 0 Å². The van der Waals surface area contributed by atoms with Crippen LogP contribution in [0.15, 0.2) is 42.7 Å². The molecule has 1 aromatic heterocycles. The molecule has 0 aliphatic heterocycles. The monoisotopic (exact) mass is 306 g/mol. The number of hydrogen-bond donors (Lipinski definition) is 1. The minimum Gasteiger partial charge on any atom is -1.00 e. The first kappa shape index (κ1) is 17.0. The third-order valence-corrected chi connectivity index (χ3v) is 2.43. The van der Waals surface area contributed by atoms with Gasteiger partial charge in [-0.05, 0) is 29.8 Å². The Bertz CT molecular complexity index is 480. The molecule has 1 N–H and O–H groups in total. The van der Waals surface area contributed by atoms with Crippen molar-refractivity contribution in [1.82, 2.24) is 4.98 Å². The van der Waals surface area contributed by atoms with Crippen LogP contribution in [0.5, 0.6) is 0 Å². The van der Waals surface area contributed by atoms with E-state index in [9.17, 15) is 4.39 Å². The standard InChI is InChI=1S/C12H10ClFN2.2ClH/c13-11-6-10(3-4-12(11)14)16-8-9-2-1-5-15-7-9;;/h1-7,16H,8H2;2*1H/p-2. The maximum absolute atomic E-state index is 12.9. The van der Waals surface area contributed by atoms with Gasteiger partial charge in [-0.3, -0.25) is 4.98 Å². The predicted octanol–water partition coefficient (Wildman–Crippen LogP) is -2.51. The zero-order chi connectivity index (χ0) is 11.4. The van der Waals surface area contributed by atoms with Gasteiger partial charge in [0.15, 0.2) is 0 Å². The summed E-state index contributed by atoms with van der Waals surface area (Å²) in [6.07, 6.45) is 3.50. The molecule has 98 valence electrons.